The molecule has 1 aliphatic carbocycles. The van der Waals surface area contributed by atoms with Gasteiger partial charge in [0.05, 0.1) is 5.56 Å². The van der Waals surface area contributed by atoms with E-state index in [2.05, 4.69) is 26.1 Å². The number of thiophene rings is 1. The molecule has 0 aliphatic heterocycles. The van der Waals surface area contributed by atoms with Gasteiger partial charge in [-0.15, -0.1) is 11.3 Å². The van der Waals surface area contributed by atoms with E-state index < -0.39 is 0 Å². The first-order chi connectivity index (χ1) is 19.6. The minimum atomic E-state index is -0.143. The average Bonchev–Trinajstić information content (AvgIpc) is 3.31. The number of carbonyl (C=O) groups excluding carboxylic acids is 1. The summed E-state index contributed by atoms with van der Waals surface area (Å²) in [4.78, 5) is 19.7. The molecular weight excluding hydrogens is 595 g/mol. The van der Waals surface area contributed by atoms with E-state index in [-0.39, 0.29) is 11.3 Å². The molecule has 41 heavy (non-hydrogen) atoms. The lowest BCUT2D eigenvalue weighted by atomic mass is 9.72. The zero-order chi connectivity index (χ0) is 29.1. The van der Waals surface area contributed by atoms with Crippen LogP contribution in [0.1, 0.15) is 59.1 Å². The van der Waals surface area contributed by atoms with Crippen molar-refractivity contribution in [1.29, 1.82) is 0 Å². The third-order valence-electron chi connectivity index (χ3n) is 7.42. The minimum absolute atomic E-state index is 0.143. The van der Waals surface area contributed by atoms with Crippen molar-refractivity contribution >= 4 is 68.9 Å². The van der Waals surface area contributed by atoms with Crippen molar-refractivity contribution in [3.8, 4) is 5.75 Å². The molecule has 4 nitrogen and oxygen atoms in total. The van der Waals surface area contributed by atoms with Gasteiger partial charge in [0.2, 0.25) is 0 Å². The van der Waals surface area contributed by atoms with Gasteiger partial charge in [0.1, 0.15) is 17.4 Å². The second kappa shape index (κ2) is 12.6. The molecule has 4 aromatic rings. The summed E-state index contributed by atoms with van der Waals surface area (Å²) in [5, 5.41) is 5.57. The molecule has 212 valence electrons. The first-order valence-corrected chi connectivity index (χ1v) is 15.4. The monoisotopic (exact) mass is 624 g/mol. The molecule has 0 saturated carbocycles. The van der Waals surface area contributed by atoms with Gasteiger partial charge in [-0.1, -0.05) is 61.6 Å². The molecule has 0 saturated heterocycles. The lowest BCUT2D eigenvalue weighted by molar-refractivity contribution is 0.102. The van der Waals surface area contributed by atoms with Crippen molar-refractivity contribution in [3.63, 3.8) is 0 Å². The number of carbonyl (C=O) groups is 1. The van der Waals surface area contributed by atoms with Crippen molar-refractivity contribution < 1.29 is 9.53 Å². The van der Waals surface area contributed by atoms with Gasteiger partial charge < -0.3 is 10.1 Å². The summed E-state index contributed by atoms with van der Waals surface area (Å²) >= 11 is 19.9. The fourth-order valence-corrected chi connectivity index (χ4v) is 6.80. The Balaban J connectivity index is 1.36. The van der Waals surface area contributed by atoms with Gasteiger partial charge in [0.25, 0.3) is 5.91 Å². The second-order valence-electron chi connectivity index (χ2n) is 11.3. The van der Waals surface area contributed by atoms with E-state index in [1.54, 1.807) is 41.8 Å². The Labute approximate surface area is 260 Å². The van der Waals surface area contributed by atoms with Crippen LogP contribution in [0.5, 0.6) is 5.75 Å². The van der Waals surface area contributed by atoms with E-state index in [9.17, 15) is 4.79 Å². The van der Waals surface area contributed by atoms with E-state index in [0.717, 1.165) is 46.7 Å². The first kappa shape index (κ1) is 29.7. The highest BCUT2D eigenvalue weighted by Crippen LogP contribution is 2.45. The number of ether oxygens (including phenoxy) is 1. The van der Waals surface area contributed by atoms with E-state index in [0.29, 0.717) is 38.8 Å². The van der Waals surface area contributed by atoms with Crippen LogP contribution in [0, 0.1) is 11.3 Å². The highest BCUT2D eigenvalue weighted by molar-refractivity contribution is 7.16. The Morgan fingerprint density at radius 2 is 1.73 bits per heavy atom. The number of anilines is 1. The molecule has 8 heteroatoms. The lowest BCUT2D eigenvalue weighted by Gasteiger charge is -2.33. The number of halogens is 3. The van der Waals surface area contributed by atoms with Gasteiger partial charge in [-0.2, -0.15) is 0 Å². The summed E-state index contributed by atoms with van der Waals surface area (Å²) < 4.78 is 5.91. The van der Waals surface area contributed by atoms with E-state index in [4.69, 9.17) is 44.5 Å². The molecule has 0 bridgehead atoms. The standard InChI is InChI=1S/C33H31Cl3N2O2S/c1-33(2,3)22-7-15-27-29(16-22)41-32(30(27)31(39)38-25-11-9-23(34)10-12-25)37-18-20-4-13-26(14-5-20)40-19-21-6-8-24(35)17-28(21)36/h4-6,8-14,17-18,22H,7,15-16,19H2,1-3H3,(H,38,39)/t22-/m0/s1. The van der Waals surface area contributed by atoms with Crippen molar-refractivity contribution in [2.45, 2.75) is 46.6 Å². The highest BCUT2D eigenvalue weighted by Gasteiger charge is 2.33. The molecule has 1 aliphatic rings. The van der Waals surface area contributed by atoms with Gasteiger partial charge in [-0.05, 0) is 102 Å². The Morgan fingerprint density at radius 1 is 1.02 bits per heavy atom. The Bertz CT molecular complexity index is 1570. The maximum atomic E-state index is 13.6. The van der Waals surface area contributed by atoms with Crippen molar-refractivity contribution in [2.24, 2.45) is 16.3 Å². The molecule has 0 fully saturated rings. The van der Waals surface area contributed by atoms with Gasteiger partial charge in [-0.3, -0.25) is 4.79 Å². The van der Waals surface area contributed by atoms with E-state index in [1.165, 1.54) is 4.88 Å². The van der Waals surface area contributed by atoms with Crippen LogP contribution < -0.4 is 10.1 Å². The predicted octanol–water partition coefficient (Wildman–Crippen LogP) is 10.4. The summed E-state index contributed by atoms with van der Waals surface area (Å²) in [6.45, 7) is 7.22. The summed E-state index contributed by atoms with van der Waals surface area (Å²) in [7, 11) is 0. The molecule has 1 amide bonds. The predicted molar refractivity (Wildman–Crippen MR) is 173 cm³/mol. The van der Waals surface area contributed by atoms with Crippen LogP contribution in [0.25, 0.3) is 0 Å². The summed E-state index contributed by atoms with van der Waals surface area (Å²) in [5.74, 6) is 1.14. The summed E-state index contributed by atoms with van der Waals surface area (Å²) in [5.41, 5.74) is 4.47. The number of hydrogen-bond donors (Lipinski definition) is 1. The Morgan fingerprint density at radius 3 is 2.41 bits per heavy atom. The molecule has 3 aromatic carbocycles. The Hall–Kier alpha value is -2.83. The molecule has 0 unspecified atom stereocenters. The van der Waals surface area contributed by atoms with Crippen LogP contribution in [0.4, 0.5) is 10.7 Å². The van der Waals surface area contributed by atoms with E-state index >= 15 is 0 Å². The van der Waals surface area contributed by atoms with Gasteiger partial charge in [-0.25, -0.2) is 4.99 Å². The number of fused-ring (bicyclic) bond motifs is 1. The molecule has 1 N–H and O–H groups in total. The van der Waals surface area contributed by atoms with Gasteiger partial charge >= 0.3 is 0 Å². The highest BCUT2D eigenvalue weighted by atomic mass is 35.5. The van der Waals surface area contributed by atoms with Crippen LogP contribution in [-0.2, 0) is 19.4 Å². The average molecular weight is 626 g/mol. The molecule has 0 spiro atoms. The smallest absolute Gasteiger partial charge is 0.259 e. The quantitative estimate of drug-likeness (QED) is 0.208. The molecule has 5 rings (SSSR count). The third kappa shape index (κ3) is 7.34. The van der Waals surface area contributed by atoms with Crippen LogP contribution in [0.2, 0.25) is 15.1 Å². The molecule has 1 heterocycles. The topological polar surface area (TPSA) is 50.7 Å². The van der Waals surface area contributed by atoms with Gasteiger partial charge in [0, 0.05) is 37.4 Å². The number of nitrogens with zero attached hydrogens (tertiary/aromatic N) is 1. The zero-order valence-corrected chi connectivity index (χ0v) is 26.2. The molecular formula is C33H31Cl3N2O2S. The number of aliphatic imine (C=N–C) groups is 1. The summed E-state index contributed by atoms with van der Waals surface area (Å²) in [6, 6.07) is 20.2. The molecule has 1 aromatic heterocycles. The fraction of sp³-hybridized carbons (Fsp3) is 0.273. The largest absolute Gasteiger partial charge is 0.489 e. The van der Waals surface area contributed by atoms with Gasteiger partial charge in [0.15, 0.2) is 0 Å². The molecule has 1 atom stereocenters. The second-order valence-corrected chi connectivity index (χ2v) is 13.7. The summed E-state index contributed by atoms with van der Waals surface area (Å²) in [6.07, 6.45) is 4.69. The van der Waals surface area contributed by atoms with Crippen molar-refractivity contribution in [3.05, 3.63) is 109 Å². The number of nitrogens with one attached hydrogen (secondary N) is 1. The van der Waals surface area contributed by atoms with Crippen LogP contribution in [0.3, 0.4) is 0 Å². The van der Waals surface area contributed by atoms with Crippen molar-refractivity contribution in [2.75, 3.05) is 5.32 Å². The number of amides is 1. The number of hydrogen-bond acceptors (Lipinski definition) is 4. The first-order valence-electron chi connectivity index (χ1n) is 13.5. The minimum Gasteiger partial charge on any atom is -0.489 e. The molecule has 0 radical (unpaired) electrons. The van der Waals surface area contributed by atoms with Crippen molar-refractivity contribution in [1.82, 2.24) is 0 Å². The lowest BCUT2D eigenvalue weighted by Crippen LogP contribution is -2.27. The van der Waals surface area contributed by atoms with Crippen LogP contribution >= 0.6 is 46.1 Å². The maximum absolute atomic E-state index is 13.6. The maximum Gasteiger partial charge on any atom is 0.259 e. The number of rotatable bonds is 7. The van der Waals surface area contributed by atoms with Crippen LogP contribution in [-0.4, -0.2) is 12.1 Å². The SMILES string of the molecule is CC(C)(C)[C@H]1CCc2c(sc(N=Cc3ccc(OCc4ccc(Cl)cc4Cl)cc3)c2C(=O)Nc2ccc(Cl)cc2)C1. The number of benzene rings is 3. The zero-order valence-electron chi connectivity index (χ0n) is 23.1. The third-order valence-corrected chi connectivity index (χ3v) is 9.42. The van der Waals surface area contributed by atoms with Crippen LogP contribution in [0.15, 0.2) is 71.7 Å². The normalized spacial score (nSPS) is 15.1. The van der Waals surface area contributed by atoms with E-state index in [1.807, 2.05) is 42.5 Å². The Kier molecular flexibility index (Phi) is 9.10. The fourth-order valence-electron chi connectivity index (χ4n) is 4.95.